The minimum absolute atomic E-state index is 0.0132. The Labute approximate surface area is 70.2 Å². The number of nitrogens with one attached hydrogen (secondary N) is 1. The van der Waals surface area contributed by atoms with Crippen molar-refractivity contribution in [3.8, 4) is 5.75 Å². The van der Waals surface area contributed by atoms with E-state index in [2.05, 4.69) is 4.72 Å². The van der Waals surface area contributed by atoms with Crippen molar-refractivity contribution in [1.82, 2.24) is 4.72 Å². The van der Waals surface area contributed by atoms with Crippen LogP contribution in [0.3, 0.4) is 0 Å². The lowest BCUT2D eigenvalue weighted by Crippen LogP contribution is -2.32. The predicted octanol–water partition coefficient (Wildman–Crippen LogP) is 0.315. The molecule has 0 atom stereocenters. The molecule has 5 heteroatoms. The Morgan fingerprint density at radius 3 is 2.83 bits per heavy atom. The van der Waals surface area contributed by atoms with Crippen LogP contribution >= 0.6 is 0 Å². The van der Waals surface area contributed by atoms with E-state index < -0.39 is 10.0 Å². The summed E-state index contributed by atoms with van der Waals surface area (Å²) in [6.07, 6.45) is 0. The molecule has 1 heterocycles. The second-order valence-electron chi connectivity index (χ2n) is 2.38. The average Bonchev–Trinajstić information content (AvgIpc) is 2.04. The van der Waals surface area contributed by atoms with Crippen molar-refractivity contribution in [2.75, 3.05) is 6.73 Å². The van der Waals surface area contributed by atoms with Crippen molar-refractivity contribution in [1.29, 1.82) is 0 Å². The summed E-state index contributed by atoms with van der Waals surface area (Å²) in [5.41, 5.74) is 0. The van der Waals surface area contributed by atoms with Gasteiger partial charge < -0.3 is 4.74 Å². The number of hydrogen-bond donors (Lipinski definition) is 1. The van der Waals surface area contributed by atoms with Crippen LogP contribution in [-0.2, 0) is 10.0 Å². The second kappa shape index (κ2) is 2.46. The van der Waals surface area contributed by atoms with Gasteiger partial charge in [-0.05, 0) is 12.1 Å². The number of ether oxygens (including phenoxy) is 1. The Balaban J connectivity index is 2.67. The van der Waals surface area contributed by atoms with Gasteiger partial charge in [0.15, 0.2) is 6.73 Å². The summed E-state index contributed by atoms with van der Waals surface area (Å²) < 4.78 is 29.9. The van der Waals surface area contributed by atoms with Gasteiger partial charge in [0, 0.05) is 0 Å². The van der Waals surface area contributed by atoms with Crippen molar-refractivity contribution in [2.45, 2.75) is 4.90 Å². The van der Waals surface area contributed by atoms with Gasteiger partial charge >= 0.3 is 0 Å². The van der Waals surface area contributed by atoms with Crippen LogP contribution in [0.5, 0.6) is 5.75 Å². The zero-order chi connectivity index (χ0) is 8.60. The molecule has 1 aliphatic rings. The lowest BCUT2D eigenvalue weighted by atomic mass is 10.3. The van der Waals surface area contributed by atoms with E-state index in [1.807, 2.05) is 0 Å². The minimum atomic E-state index is -3.32. The molecule has 12 heavy (non-hydrogen) atoms. The topological polar surface area (TPSA) is 55.4 Å². The highest BCUT2D eigenvalue weighted by atomic mass is 32.2. The van der Waals surface area contributed by atoms with Crippen LogP contribution in [0.1, 0.15) is 0 Å². The van der Waals surface area contributed by atoms with Crippen molar-refractivity contribution in [3.63, 3.8) is 0 Å². The Kier molecular flexibility index (Phi) is 1.55. The van der Waals surface area contributed by atoms with Gasteiger partial charge in [0.25, 0.3) is 0 Å². The van der Waals surface area contributed by atoms with Crippen LogP contribution in [0.2, 0.25) is 0 Å². The molecule has 64 valence electrons. The molecule has 0 saturated heterocycles. The highest BCUT2D eigenvalue weighted by Crippen LogP contribution is 2.25. The van der Waals surface area contributed by atoms with Gasteiger partial charge in [0.2, 0.25) is 10.0 Å². The third-order valence-electron chi connectivity index (χ3n) is 1.62. The lowest BCUT2D eigenvalue weighted by molar-refractivity contribution is 0.291. The average molecular weight is 185 g/mol. The fourth-order valence-electron chi connectivity index (χ4n) is 1.05. The largest absolute Gasteiger partial charge is 0.476 e. The summed E-state index contributed by atoms with van der Waals surface area (Å²) in [5.74, 6) is 0.413. The number of fused-ring (bicyclic) bond motifs is 1. The smallest absolute Gasteiger partial charge is 0.247 e. The molecule has 1 N–H and O–H groups in total. The van der Waals surface area contributed by atoms with E-state index in [9.17, 15) is 8.42 Å². The van der Waals surface area contributed by atoms with E-state index in [1.165, 1.54) is 6.07 Å². The number of rotatable bonds is 0. The summed E-state index contributed by atoms with van der Waals surface area (Å²) in [5, 5.41) is 0. The highest BCUT2D eigenvalue weighted by Gasteiger charge is 2.22. The van der Waals surface area contributed by atoms with Crippen LogP contribution in [-0.4, -0.2) is 15.1 Å². The molecule has 0 aromatic heterocycles. The van der Waals surface area contributed by atoms with Gasteiger partial charge in [-0.3, -0.25) is 0 Å². The Bertz CT molecular complexity index is 399. The fraction of sp³-hybridized carbons (Fsp3) is 0.143. The van der Waals surface area contributed by atoms with Crippen molar-refractivity contribution in [3.05, 3.63) is 24.3 Å². The molecule has 1 aromatic rings. The SMILES string of the molecule is O=S1(=O)NCOc2ccccc21. The number of benzene rings is 1. The summed E-state index contributed by atoms with van der Waals surface area (Å²) in [4.78, 5) is 0.205. The fourth-order valence-corrected chi connectivity index (χ4v) is 2.07. The van der Waals surface area contributed by atoms with Crippen LogP contribution < -0.4 is 9.46 Å². The molecule has 0 fully saturated rings. The van der Waals surface area contributed by atoms with E-state index in [0.717, 1.165) is 0 Å². The van der Waals surface area contributed by atoms with Gasteiger partial charge in [-0.15, -0.1) is 0 Å². The monoisotopic (exact) mass is 185 g/mol. The number of hydrogen-bond acceptors (Lipinski definition) is 3. The zero-order valence-corrected chi connectivity index (χ0v) is 6.97. The van der Waals surface area contributed by atoms with E-state index in [4.69, 9.17) is 4.74 Å². The summed E-state index contributed by atoms with van der Waals surface area (Å²) >= 11 is 0. The first kappa shape index (κ1) is 7.57. The number of para-hydroxylation sites is 1. The van der Waals surface area contributed by atoms with Crippen molar-refractivity contribution >= 4 is 10.0 Å². The predicted molar refractivity (Wildman–Crippen MR) is 42.3 cm³/mol. The maximum Gasteiger partial charge on any atom is 0.247 e. The molecule has 4 nitrogen and oxygen atoms in total. The first-order valence-electron chi connectivity index (χ1n) is 3.42. The molecule has 0 spiro atoms. The summed E-state index contributed by atoms with van der Waals surface area (Å²) in [6.45, 7) is 0.0132. The van der Waals surface area contributed by atoms with E-state index in [0.29, 0.717) is 5.75 Å². The maximum absolute atomic E-state index is 11.3. The maximum atomic E-state index is 11.3. The molecule has 0 bridgehead atoms. The zero-order valence-electron chi connectivity index (χ0n) is 6.15. The standard InChI is InChI=1S/C7H7NO3S/c9-12(10)7-4-2-1-3-6(7)11-5-8-12/h1-4,8H,5H2. The first-order valence-corrected chi connectivity index (χ1v) is 4.90. The van der Waals surface area contributed by atoms with Gasteiger partial charge in [0.05, 0.1) is 0 Å². The van der Waals surface area contributed by atoms with Gasteiger partial charge in [0.1, 0.15) is 10.6 Å². The van der Waals surface area contributed by atoms with Crippen LogP contribution in [0.25, 0.3) is 0 Å². The van der Waals surface area contributed by atoms with Gasteiger partial charge in [-0.1, -0.05) is 12.1 Å². The van der Waals surface area contributed by atoms with E-state index in [1.54, 1.807) is 18.2 Å². The van der Waals surface area contributed by atoms with Crippen molar-refractivity contribution in [2.24, 2.45) is 0 Å². The van der Waals surface area contributed by atoms with Crippen LogP contribution in [0, 0.1) is 0 Å². The van der Waals surface area contributed by atoms with Crippen molar-refractivity contribution < 1.29 is 13.2 Å². The molecule has 0 radical (unpaired) electrons. The van der Waals surface area contributed by atoms with Crippen LogP contribution in [0.4, 0.5) is 0 Å². The molecule has 0 aliphatic carbocycles. The minimum Gasteiger partial charge on any atom is -0.476 e. The van der Waals surface area contributed by atoms with E-state index in [-0.39, 0.29) is 11.6 Å². The Morgan fingerprint density at radius 1 is 1.33 bits per heavy atom. The summed E-state index contributed by atoms with van der Waals surface area (Å²) in [7, 11) is -3.32. The molecular weight excluding hydrogens is 178 g/mol. The molecular formula is C7H7NO3S. The third kappa shape index (κ3) is 1.07. The van der Waals surface area contributed by atoms with E-state index >= 15 is 0 Å². The third-order valence-corrected chi connectivity index (χ3v) is 3.03. The second-order valence-corrected chi connectivity index (χ2v) is 4.12. The van der Waals surface area contributed by atoms with Gasteiger partial charge in [-0.25, -0.2) is 8.42 Å². The van der Waals surface area contributed by atoms with Crippen LogP contribution in [0.15, 0.2) is 29.2 Å². The highest BCUT2D eigenvalue weighted by molar-refractivity contribution is 7.89. The number of sulfonamides is 1. The Morgan fingerprint density at radius 2 is 2.08 bits per heavy atom. The lowest BCUT2D eigenvalue weighted by Gasteiger charge is -2.17. The molecule has 0 amide bonds. The molecule has 0 unspecified atom stereocenters. The summed E-state index contributed by atoms with van der Waals surface area (Å²) in [6, 6.07) is 6.54. The Hall–Kier alpha value is -1.07. The molecule has 2 rings (SSSR count). The normalized spacial score (nSPS) is 19.3. The molecule has 1 aliphatic heterocycles. The first-order chi connectivity index (χ1) is 5.70. The molecule has 0 saturated carbocycles. The van der Waals surface area contributed by atoms with Gasteiger partial charge in [-0.2, -0.15) is 4.72 Å². The quantitative estimate of drug-likeness (QED) is 0.633. The molecule has 1 aromatic carbocycles.